The first-order chi connectivity index (χ1) is 9.60. The molecular weight excluding hydrogens is 250 g/mol. The van der Waals surface area contributed by atoms with Crippen molar-refractivity contribution >= 4 is 17.3 Å². The Balaban J connectivity index is 2.15. The zero-order valence-corrected chi connectivity index (χ0v) is 11.2. The van der Waals surface area contributed by atoms with E-state index in [2.05, 4.69) is 11.4 Å². The fourth-order valence-electron chi connectivity index (χ4n) is 1.88. The number of anilines is 2. The number of nitrogens with one attached hydrogen (secondary N) is 1. The lowest BCUT2D eigenvalue weighted by Gasteiger charge is -2.09. The molecule has 3 N–H and O–H groups in total. The highest BCUT2D eigenvalue weighted by Crippen LogP contribution is 2.16. The molecule has 0 heterocycles. The number of aryl methyl sites for hydroxylation is 1. The monoisotopic (exact) mass is 265 g/mol. The summed E-state index contributed by atoms with van der Waals surface area (Å²) in [5.74, 6) is -0.192. The van der Waals surface area contributed by atoms with E-state index in [9.17, 15) is 4.79 Å². The highest BCUT2D eigenvalue weighted by Gasteiger charge is 2.09. The van der Waals surface area contributed by atoms with Gasteiger partial charge < -0.3 is 11.1 Å². The molecule has 2 aromatic rings. The normalized spacial score (nSPS) is 9.80. The molecule has 0 fully saturated rings. The third kappa shape index (κ3) is 3.15. The lowest BCUT2D eigenvalue weighted by molar-refractivity contribution is 0.102. The highest BCUT2D eigenvalue weighted by atomic mass is 16.1. The van der Waals surface area contributed by atoms with Gasteiger partial charge in [0, 0.05) is 16.9 Å². The quantitative estimate of drug-likeness (QED) is 0.837. The number of nitrogens with two attached hydrogens (primary N) is 1. The minimum absolute atomic E-state index is 0.192. The highest BCUT2D eigenvalue weighted by molar-refractivity contribution is 6.05. The van der Waals surface area contributed by atoms with E-state index < -0.39 is 0 Å². The van der Waals surface area contributed by atoms with E-state index in [1.54, 1.807) is 24.3 Å². The van der Waals surface area contributed by atoms with Crippen LogP contribution in [-0.4, -0.2) is 5.91 Å². The van der Waals surface area contributed by atoms with Gasteiger partial charge in [-0.2, -0.15) is 5.26 Å². The predicted octanol–water partition coefficient (Wildman–Crippen LogP) is 2.90. The molecule has 0 aliphatic rings. The molecule has 0 aromatic heterocycles. The number of carbonyl (C=O) groups excluding carboxylic acids is 1. The first-order valence-corrected chi connectivity index (χ1v) is 6.23. The van der Waals surface area contributed by atoms with Crippen molar-refractivity contribution in [3.05, 3.63) is 59.2 Å². The van der Waals surface area contributed by atoms with Gasteiger partial charge in [0.05, 0.1) is 12.5 Å². The molecule has 4 heteroatoms. The number of hydrogen-bond acceptors (Lipinski definition) is 3. The standard InChI is InChI=1S/C16H15N3O/c1-11-2-5-13(18)10-15(11)16(20)19-14-6-3-12(4-7-14)8-9-17/h2-7,10H,8,18H2,1H3,(H,19,20). The van der Waals surface area contributed by atoms with E-state index >= 15 is 0 Å². The van der Waals surface area contributed by atoms with Crippen LogP contribution in [0.3, 0.4) is 0 Å². The van der Waals surface area contributed by atoms with Gasteiger partial charge in [0.25, 0.3) is 5.91 Å². The summed E-state index contributed by atoms with van der Waals surface area (Å²) in [6, 6.07) is 14.5. The van der Waals surface area contributed by atoms with Crippen molar-refractivity contribution in [1.82, 2.24) is 0 Å². The first kappa shape index (κ1) is 13.6. The van der Waals surface area contributed by atoms with E-state index in [0.717, 1.165) is 11.1 Å². The van der Waals surface area contributed by atoms with Crippen LogP contribution < -0.4 is 11.1 Å². The Labute approximate surface area is 117 Å². The molecule has 0 saturated heterocycles. The first-order valence-electron chi connectivity index (χ1n) is 6.23. The summed E-state index contributed by atoms with van der Waals surface area (Å²) in [5.41, 5.74) is 9.31. The fraction of sp³-hybridized carbons (Fsp3) is 0.125. The SMILES string of the molecule is Cc1ccc(N)cc1C(=O)Nc1ccc(CC#N)cc1. The Bertz CT molecular complexity index is 669. The third-order valence-electron chi connectivity index (χ3n) is 3.00. The molecule has 0 bridgehead atoms. The van der Waals surface area contributed by atoms with Crippen molar-refractivity contribution in [2.24, 2.45) is 0 Å². The van der Waals surface area contributed by atoms with Gasteiger partial charge in [-0.1, -0.05) is 18.2 Å². The van der Waals surface area contributed by atoms with Crippen molar-refractivity contribution in [3.8, 4) is 6.07 Å². The minimum Gasteiger partial charge on any atom is -0.399 e. The molecular formula is C16H15N3O. The van der Waals surface area contributed by atoms with Gasteiger partial charge in [-0.3, -0.25) is 4.79 Å². The fourth-order valence-corrected chi connectivity index (χ4v) is 1.88. The van der Waals surface area contributed by atoms with Crippen molar-refractivity contribution in [3.63, 3.8) is 0 Å². The van der Waals surface area contributed by atoms with Gasteiger partial charge in [-0.15, -0.1) is 0 Å². The largest absolute Gasteiger partial charge is 0.399 e. The predicted molar refractivity (Wildman–Crippen MR) is 79.3 cm³/mol. The molecule has 4 nitrogen and oxygen atoms in total. The van der Waals surface area contributed by atoms with Crippen LogP contribution in [0.4, 0.5) is 11.4 Å². The van der Waals surface area contributed by atoms with Crippen molar-refractivity contribution in [1.29, 1.82) is 5.26 Å². The average molecular weight is 265 g/mol. The summed E-state index contributed by atoms with van der Waals surface area (Å²) in [7, 11) is 0. The Hall–Kier alpha value is -2.80. The van der Waals surface area contributed by atoms with Crippen LogP contribution in [0.5, 0.6) is 0 Å². The van der Waals surface area contributed by atoms with Crippen molar-refractivity contribution < 1.29 is 4.79 Å². The second kappa shape index (κ2) is 5.89. The number of hydrogen-bond donors (Lipinski definition) is 2. The van der Waals surface area contributed by atoms with Crippen LogP contribution in [0.15, 0.2) is 42.5 Å². The molecule has 0 saturated carbocycles. The molecule has 0 aliphatic heterocycles. The Kier molecular flexibility index (Phi) is 4.02. The maximum absolute atomic E-state index is 12.2. The van der Waals surface area contributed by atoms with Crippen molar-refractivity contribution in [2.75, 3.05) is 11.1 Å². The maximum Gasteiger partial charge on any atom is 0.256 e. The molecule has 0 radical (unpaired) electrons. The zero-order valence-electron chi connectivity index (χ0n) is 11.2. The molecule has 0 atom stereocenters. The van der Waals surface area contributed by atoms with Gasteiger partial charge >= 0.3 is 0 Å². The van der Waals surface area contributed by atoms with E-state index in [0.29, 0.717) is 23.4 Å². The van der Waals surface area contributed by atoms with Gasteiger partial charge in [0.15, 0.2) is 0 Å². The number of amides is 1. The van der Waals surface area contributed by atoms with Gasteiger partial charge in [0.1, 0.15) is 0 Å². The minimum atomic E-state index is -0.192. The smallest absolute Gasteiger partial charge is 0.256 e. The lowest BCUT2D eigenvalue weighted by Crippen LogP contribution is -2.13. The zero-order chi connectivity index (χ0) is 14.5. The summed E-state index contributed by atoms with van der Waals surface area (Å²) < 4.78 is 0. The summed E-state index contributed by atoms with van der Waals surface area (Å²) in [6.45, 7) is 1.87. The van der Waals surface area contributed by atoms with Crippen LogP contribution in [0.2, 0.25) is 0 Å². The number of nitriles is 1. The average Bonchev–Trinajstić information content (AvgIpc) is 2.44. The molecule has 0 unspecified atom stereocenters. The van der Waals surface area contributed by atoms with Crippen LogP contribution in [-0.2, 0) is 6.42 Å². The molecule has 0 aliphatic carbocycles. The van der Waals surface area contributed by atoms with Crippen molar-refractivity contribution in [2.45, 2.75) is 13.3 Å². The summed E-state index contributed by atoms with van der Waals surface area (Å²) in [6.07, 6.45) is 0.364. The van der Waals surface area contributed by atoms with E-state index in [-0.39, 0.29) is 5.91 Å². The Morgan fingerprint density at radius 2 is 1.95 bits per heavy atom. The van der Waals surface area contributed by atoms with E-state index in [1.165, 1.54) is 0 Å². The number of carbonyl (C=O) groups is 1. The number of nitrogens with zero attached hydrogens (tertiary/aromatic N) is 1. The second-order valence-electron chi connectivity index (χ2n) is 4.56. The van der Waals surface area contributed by atoms with E-state index in [4.69, 9.17) is 11.0 Å². The third-order valence-corrected chi connectivity index (χ3v) is 3.00. The van der Waals surface area contributed by atoms with Crippen LogP contribution in [0.25, 0.3) is 0 Å². The number of nitrogen functional groups attached to an aromatic ring is 1. The summed E-state index contributed by atoms with van der Waals surface area (Å²) in [5, 5.41) is 11.4. The molecule has 2 rings (SSSR count). The second-order valence-corrected chi connectivity index (χ2v) is 4.56. The topological polar surface area (TPSA) is 78.9 Å². The van der Waals surface area contributed by atoms with Gasteiger partial charge in [0.2, 0.25) is 0 Å². The maximum atomic E-state index is 12.2. The van der Waals surface area contributed by atoms with Crippen LogP contribution >= 0.6 is 0 Å². The van der Waals surface area contributed by atoms with Gasteiger partial charge in [-0.05, 0) is 42.3 Å². The summed E-state index contributed by atoms with van der Waals surface area (Å²) >= 11 is 0. The summed E-state index contributed by atoms with van der Waals surface area (Å²) in [4.78, 5) is 12.2. The number of benzene rings is 2. The van der Waals surface area contributed by atoms with Crippen LogP contribution in [0, 0.1) is 18.3 Å². The Morgan fingerprint density at radius 3 is 2.60 bits per heavy atom. The number of rotatable bonds is 3. The molecule has 0 spiro atoms. The van der Waals surface area contributed by atoms with E-state index in [1.807, 2.05) is 25.1 Å². The Morgan fingerprint density at radius 1 is 1.25 bits per heavy atom. The van der Waals surface area contributed by atoms with Gasteiger partial charge in [-0.25, -0.2) is 0 Å². The molecule has 2 aromatic carbocycles. The van der Waals surface area contributed by atoms with Crippen LogP contribution in [0.1, 0.15) is 21.5 Å². The molecule has 20 heavy (non-hydrogen) atoms. The lowest BCUT2D eigenvalue weighted by atomic mass is 10.1. The molecule has 100 valence electrons. The molecule has 1 amide bonds.